The van der Waals surface area contributed by atoms with Crippen LogP contribution < -0.4 is 0 Å². The Hall–Kier alpha value is -2.64. The fourth-order valence-electron chi connectivity index (χ4n) is 2.32. The largest absolute Gasteiger partial charge is 0.235 e. The molecule has 0 saturated heterocycles. The second-order valence-electron chi connectivity index (χ2n) is 5.46. The molecule has 0 aliphatic rings. The third-order valence-corrected chi connectivity index (χ3v) is 5.87. The molecule has 1 heterocycles. The lowest BCUT2D eigenvalue weighted by Crippen LogP contribution is -2.06. The minimum absolute atomic E-state index is 0.123. The average Bonchev–Trinajstić information content (AvgIpc) is 2.61. The number of halogens is 4. The highest BCUT2D eigenvalue weighted by Crippen LogP contribution is 2.28. The summed E-state index contributed by atoms with van der Waals surface area (Å²) in [6, 6.07) is 10.6. The fourth-order valence-corrected chi connectivity index (χ4v) is 4.12. The van der Waals surface area contributed by atoms with Gasteiger partial charge in [0.15, 0.2) is 0 Å². The maximum atomic E-state index is 13.8. The number of nitrogens with zero attached hydrogens (tertiary/aromatic N) is 1. The molecule has 3 aromatic rings. The van der Waals surface area contributed by atoms with Crippen molar-refractivity contribution in [3.05, 3.63) is 88.5 Å². The van der Waals surface area contributed by atoms with Crippen molar-refractivity contribution in [1.29, 1.82) is 0 Å². The highest BCUT2D eigenvalue weighted by Gasteiger charge is 2.24. The predicted octanol–water partition coefficient (Wildman–Crippen LogP) is 5.16. The van der Waals surface area contributed by atoms with E-state index in [4.69, 9.17) is 11.6 Å². The molecule has 27 heavy (non-hydrogen) atoms. The number of hydrogen-bond donors (Lipinski definition) is 0. The second kappa shape index (κ2) is 7.54. The fraction of sp³-hybridized carbons (Fsp3) is 0. The van der Waals surface area contributed by atoms with Gasteiger partial charge in [-0.3, -0.25) is 0 Å². The Balaban J connectivity index is 1.94. The first-order valence-corrected chi connectivity index (χ1v) is 9.44. The van der Waals surface area contributed by atoms with Crippen molar-refractivity contribution < 1.29 is 21.6 Å². The highest BCUT2D eigenvalue weighted by molar-refractivity contribution is 7.91. The molecule has 3 nitrogen and oxygen atoms in total. The molecule has 0 spiro atoms. The van der Waals surface area contributed by atoms with Crippen molar-refractivity contribution in [3.8, 4) is 0 Å². The summed E-state index contributed by atoms with van der Waals surface area (Å²) in [6.07, 6.45) is 2.74. The Labute approximate surface area is 158 Å². The van der Waals surface area contributed by atoms with Crippen LogP contribution in [0.1, 0.15) is 11.3 Å². The summed E-state index contributed by atoms with van der Waals surface area (Å²) in [7, 11) is -4.19. The van der Waals surface area contributed by atoms with Crippen LogP contribution in [0.2, 0.25) is 5.15 Å². The molecule has 0 aliphatic heterocycles. The molecule has 0 unspecified atom stereocenters. The summed E-state index contributed by atoms with van der Waals surface area (Å²) in [6.45, 7) is 0. The molecular formula is C19H11ClF3NO2S. The molecule has 0 fully saturated rings. The molecule has 0 N–H and O–H groups in total. The summed E-state index contributed by atoms with van der Waals surface area (Å²) in [5, 5.41) is -0.347. The van der Waals surface area contributed by atoms with Crippen molar-refractivity contribution in [3.63, 3.8) is 0 Å². The first-order chi connectivity index (χ1) is 12.8. The van der Waals surface area contributed by atoms with Crippen LogP contribution in [-0.2, 0) is 9.84 Å². The lowest BCUT2D eigenvalue weighted by atomic mass is 10.2. The van der Waals surface area contributed by atoms with Gasteiger partial charge in [0.05, 0.1) is 5.69 Å². The minimum Gasteiger partial charge on any atom is -0.235 e. The molecule has 0 radical (unpaired) electrons. The van der Waals surface area contributed by atoms with E-state index in [9.17, 15) is 21.6 Å². The van der Waals surface area contributed by atoms with Gasteiger partial charge < -0.3 is 0 Å². The number of hydrogen-bond acceptors (Lipinski definition) is 3. The van der Waals surface area contributed by atoms with E-state index in [0.717, 1.165) is 24.3 Å². The Bertz CT molecular complexity index is 1150. The molecule has 0 saturated carbocycles. The number of pyridine rings is 1. The van der Waals surface area contributed by atoms with Gasteiger partial charge in [-0.15, -0.1) is 0 Å². The van der Waals surface area contributed by atoms with Crippen LogP contribution in [0, 0.1) is 17.5 Å². The van der Waals surface area contributed by atoms with Gasteiger partial charge in [0.2, 0.25) is 9.84 Å². The quantitative estimate of drug-likeness (QED) is 0.559. The molecule has 1 aromatic heterocycles. The van der Waals surface area contributed by atoms with E-state index in [0.29, 0.717) is 0 Å². The van der Waals surface area contributed by atoms with Crippen molar-refractivity contribution in [2.75, 3.05) is 0 Å². The molecular weight excluding hydrogens is 399 g/mol. The van der Waals surface area contributed by atoms with Gasteiger partial charge in [0.25, 0.3) is 0 Å². The summed E-state index contributed by atoms with van der Waals surface area (Å²) >= 11 is 5.98. The Morgan fingerprint density at radius 3 is 2.26 bits per heavy atom. The standard InChI is InChI=1S/C19H11ClF3NO2S/c20-19-18(27(25,26)17-4-2-1-3-15(17)22)10-9-14(24-19)8-6-12-5-7-13(21)11-16(12)23/h1-11H/b8-6+. The maximum absolute atomic E-state index is 13.8. The molecule has 0 atom stereocenters. The predicted molar refractivity (Wildman–Crippen MR) is 96.4 cm³/mol. The zero-order valence-electron chi connectivity index (χ0n) is 13.5. The van der Waals surface area contributed by atoms with Gasteiger partial charge in [-0.25, -0.2) is 26.6 Å². The molecule has 2 aromatic carbocycles. The van der Waals surface area contributed by atoms with E-state index in [1.807, 2.05) is 0 Å². The molecule has 0 amide bonds. The number of sulfone groups is 1. The summed E-state index contributed by atoms with van der Waals surface area (Å²) in [5.41, 5.74) is 0.369. The SMILES string of the molecule is O=S(=O)(c1ccccc1F)c1ccc(/C=C/c2ccc(F)cc2F)nc1Cl. The Morgan fingerprint density at radius 2 is 1.59 bits per heavy atom. The van der Waals surface area contributed by atoms with Crippen LogP contribution in [0.25, 0.3) is 12.2 Å². The van der Waals surface area contributed by atoms with Gasteiger partial charge >= 0.3 is 0 Å². The Morgan fingerprint density at radius 1 is 0.852 bits per heavy atom. The van der Waals surface area contributed by atoms with Gasteiger partial charge in [0.1, 0.15) is 32.4 Å². The van der Waals surface area contributed by atoms with Crippen LogP contribution in [0.4, 0.5) is 13.2 Å². The smallest absolute Gasteiger partial charge is 0.212 e. The zero-order valence-corrected chi connectivity index (χ0v) is 15.1. The van der Waals surface area contributed by atoms with E-state index in [-0.39, 0.29) is 21.3 Å². The topological polar surface area (TPSA) is 47.0 Å². The summed E-state index contributed by atoms with van der Waals surface area (Å²) in [4.78, 5) is 3.08. The van der Waals surface area contributed by atoms with E-state index in [1.54, 1.807) is 0 Å². The zero-order chi connectivity index (χ0) is 19.6. The molecule has 0 bridgehead atoms. The maximum Gasteiger partial charge on any atom is 0.212 e. The number of benzene rings is 2. The number of rotatable bonds is 4. The molecule has 3 rings (SSSR count). The number of aromatic nitrogens is 1. The highest BCUT2D eigenvalue weighted by atomic mass is 35.5. The lowest BCUT2D eigenvalue weighted by molar-refractivity contribution is 0.566. The molecule has 8 heteroatoms. The monoisotopic (exact) mass is 409 g/mol. The van der Waals surface area contributed by atoms with E-state index in [2.05, 4.69) is 4.98 Å². The van der Waals surface area contributed by atoms with E-state index < -0.39 is 32.2 Å². The molecule has 0 aliphatic carbocycles. The summed E-state index contributed by atoms with van der Waals surface area (Å²) < 4.78 is 65.5. The van der Waals surface area contributed by atoms with Crippen LogP contribution >= 0.6 is 11.6 Å². The van der Waals surface area contributed by atoms with Crippen molar-refractivity contribution in [2.45, 2.75) is 9.79 Å². The third kappa shape index (κ3) is 4.04. The van der Waals surface area contributed by atoms with Crippen LogP contribution in [0.3, 0.4) is 0 Å². The molecule has 138 valence electrons. The van der Waals surface area contributed by atoms with Crippen molar-refractivity contribution >= 4 is 33.6 Å². The lowest BCUT2D eigenvalue weighted by Gasteiger charge is -2.07. The summed E-state index contributed by atoms with van der Waals surface area (Å²) in [5.74, 6) is -2.35. The van der Waals surface area contributed by atoms with Crippen LogP contribution in [0.5, 0.6) is 0 Å². The second-order valence-corrected chi connectivity index (χ2v) is 7.70. The first-order valence-electron chi connectivity index (χ1n) is 7.58. The van der Waals surface area contributed by atoms with Gasteiger partial charge in [-0.1, -0.05) is 23.7 Å². The van der Waals surface area contributed by atoms with Crippen molar-refractivity contribution in [1.82, 2.24) is 4.98 Å². The normalized spacial score (nSPS) is 11.9. The van der Waals surface area contributed by atoms with Gasteiger partial charge in [0, 0.05) is 11.6 Å². The minimum atomic E-state index is -4.19. The van der Waals surface area contributed by atoms with E-state index in [1.165, 1.54) is 42.5 Å². The Kier molecular flexibility index (Phi) is 5.34. The van der Waals surface area contributed by atoms with E-state index >= 15 is 0 Å². The van der Waals surface area contributed by atoms with Crippen LogP contribution in [-0.4, -0.2) is 13.4 Å². The third-order valence-electron chi connectivity index (χ3n) is 3.65. The van der Waals surface area contributed by atoms with Crippen molar-refractivity contribution in [2.24, 2.45) is 0 Å². The van der Waals surface area contributed by atoms with Crippen LogP contribution in [0.15, 0.2) is 64.4 Å². The van der Waals surface area contributed by atoms with Gasteiger partial charge in [-0.2, -0.15) is 0 Å². The van der Waals surface area contributed by atoms with Gasteiger partial charge in [-0.05, 0) is 48.6 Å². The average molecular weight is 410 g/mol. The first kappa shape index (κ1) is 19.1.